The Bertz CT molecular complexity index is 308. The minimum atomic E-state index is 0.461. The van der Waals surface area contributed by atoms with Crippen LogP contribution in [0.2, 0.25) is 0 Å². The predicted octanol–water partition coefficient (Wildman–Crippen LogP) is 4.54. The molecule has 0 heterocycles. The molecule has 4 atom stereocenters. The molecular weight excluding hydrogens is 220 g/mol. The van der Waals surface area contributed by atoms with E-state index in [1.165, 1.54) is 25.7 Å². The van der Waals surface area contributed by atoms with Gasteiger partial charge in [-0.1, -0.05) is 38.2 Å². The van der Waals surface area contributed by atoms with Crippen LogP contribution >= 0.6 is 0 Å². The molecule has 0 aliphatic heterocycles. The van der Waals surface area contributed by atoms with E-state index in [-0.39, 0.29) is 0 Å². The van der Waals surface area contributed by atoms with E-state index in [0.717, 1.165) is 12.8 Å². The van der Waals surface area contributed by atoms with Crippen molar-refractivity contribution in [1.82, 2.24) is 0 Å². The highest BCUT2D eigenvalue weighted by Gasteiger charge is 2.20. The van der Waals surface area contributed by atoms with Crippen molar-refractivity contribution >= 4 is 5.78 Å². The number of hydrogen-bond acceptors (Lipinski definition) is 1. The molecule has 18 heavy (non-hydrogen) atoms. The lowest BCUT2D eigenvalue weighted by Gasteiger charge is -2.22. The fraction of sp³-hybridized carbons (Fsp3) is 0.706. The van der Waals surface area contributed by atoms with Crippen molar-refractivity contribution in [3.8, 4) is 0 Å². The topological polar surface area (TPSA) is 17.1 Å². The molecule has 1 nitrogen and oxygen atoms in total. The summed E-state index contributed by atoms with van der Waals surface area (Å²) in [6.07, 6.45) is 15.5. The first kappa shape index (κ1) is 13.6. The van der Waals surface area contributed by atoms with E-state index >= 15 is 0 Å². The lowest BCUT2D eigenvalue weighted by molar-refractivity contribution is -0.120. The molecule has 0 saturated heterocycles. The number of allylic oxidation sites excluding steroid dienone is 4. The summed E-state index contributed by atoms with van der Waals surface area (Å²) in [6.45, 7) is 4.51. The standard InChI is InChI=1S/C17H26O/c1-13-3-7-15(8-4-13)11-17(18)12-16-9-5-14(2)6-10-16/h3,5,7,9,13-16H,4,6,8,10-12H2,1-2H3. The van der Waals surface area contributed by atoms with Crippen molar-refractivity contribution in [2.45, 2.75) is 52.4 Å². The van der Waals surface area contributed by atoms with Crippen molar-refractivity contribution in [1.29, 1.82) is 0 Å². The third kappa shape index (κ3) is 4.12. The molecule has 0 spiro atoms. The predicted molar refractivity (Wildman–Crippen MR) is 76.3 cm³/mol. The minimum absolute atomic E-state index is 0.461. The molecule has 2 aliphatic carbocycles. The average Bonchev–Trinajstić information content (AvgIpc) is 2.35. The second-order valence-electron chi connectivity index (χ2n) is 6.35. The van der Waals surface area contributed by atoms with Crippen molar-refractivity contribution in [2.24, 2.45) is 23.7 Å². The Morgan fingerprint density at radius 1 is 0.833 bits per heavy atom. The summed E-state index contributed by atoms with van der Waals surface area (Å²) < 4.78 is 0. The average molecular weight is 246 g/mol. The van der Waals surface area contributed by atoms with Crippen LogP contribution in [0.3, 0.4) is 0 Å². The number of ketones is 1. The Morgan fingerprint density at radius 2 is 1.28 bits per heavy atom. The second kappa shape index (κ2) is 6.36. The van der Waals surface area contributed by atoms with Gasteiger partial charge in [0.15, 0.2) is 0 Å². The molecule has 0 radical (unpaired) electrons. The Morgan fingerprint density at radius 3 is 1.61 bits per heavy atom. The van der Waals surface area contributed by atoms with E-state index < -0.39 is 0 Å². The van der Waals surface area contributed by atoms with E-state index in [9.17, 15) is 4.79 Å². The first-order valence-corrected chi connectivity index (χ1v) is 7.52. The molecule has 0 aromatic rings. The van der Waals surface area contributed by atoms with Crippen LogP contribution < -0.4 is 0 Å². The highest BCUT2D eigenvalue weighted by molar-refractivity contribution is 5.79. The summed E-state index contributed by atoms with van der Waals surface area (Å²) in [5.41, 5.74) is 0. The lowest BCUT2D eigenvalue weighted by atomic mass is 9.83. The fourth-order valence-electron chi connectivity index (χ4n) is 3.04. The smallest absolute Gasteiger partial charge is 0.134 e. The van der Waals surface area contributed by atoms with E-state index in [1.54, 1.807) is 0 Å². The van der Waals surface area contributed by atoms with Gasteiger partial charge in [0.25, 0.3) is 0 Å². The lowest BCUT2D eigenvalue weighted by Crippen LogP contribution is -2.15. The monoisotopic (exact) mass is 246 g/mol. The van der Waals surface area contributed by atoms with Gasteiger partial charge in [0.2, 0.25) is 0 Å². The summed E-state index contributed by atoms with van der Waals surface area (Å²) in [4.78, 5) is 12.1. The van der Waals surface area contributed by atoms with Gasteiger partial charge >= 0.3 is 0 Å². The van der Waals surface area contributed by atoms with Gasteiger partial charge in [-0.15, -0.1) is 0 Å². The van der Waals surface area contributed by atoms with Crippen molar-refractivity contribution in [2.75, 3.05) is 0 Å². The maximum Gasteiger partial charge on any atom is 0.134 e. The number of rotatable bonds is 4. The van der Waals surface area contributed by atoms with Crippen molar-refractivity contribution < 1.29 is 4.79 Å². The first-order valence-electron chi connectivity index (χ1n) is 7.52. The molecule has 0 aromatic heterocycles. The fourth-order valence-corrected chi connectivity index (χ4v) is 3.04. The van der Waals surface area contributed by atoms with Gasteiger partial charge in [-0.3, -0.25) is 4.79 Å². The zero-order valence-electron chi connectivity index (χ0n) is 11.8. The van der Waals surface area contributed by atoms with Crippen molar-refractivity contribution in [3.05, 3.63) is 24.3 Å². The zero-order valence-corrected chi connectivity index (χ0v) is 11.8. The molecular formula is C17H26O. The quantitative estimate of drug-likeness (QED) is 0.666. The van der Waals surface area contributed by atoms with Crippen LogP contribution in [0.5, 0.6) is 0 Å². The van der Waals surface area contributed by atoms with E-state index in [0.29, 0.717) is 29.5 Å². The molecule has 2 rings (SSSR count). The number of carbonyl (C=O) groups excluding carboxylic acids is 1. The molecule has 0 fully saturated rings. The van der Waals surface area contributed by atoms with Crippen LogP contribution in [0.15, 0.2) is 24.3 Å². The normalized spacial score (nSPS) is 35.7. The highest BCUT2D eigenvalue weighted by atomic mass is 16.1. The number of hydrogen-bond donors (Lipinski definition) is 0. The summed E-state index contributed by atoms with van der Waals surface area (Å²) in [6, 6.07) is 0. The SMILES string of the molecule is CC1C=CC(CC(=O)CC2C=CC(C)CC2)CC1. The van der Waals surface area contributed by atoms with Crippen LogP contribution in [0.1, 0.15) is 52.4 Å². The van der Waals surface area contributed by atoms with E-state index in [2.05, 4.69) is 38.2 Å². The van der Waals surface area contributed by atoms with Gasteiger partial charge in [0, 0.05) is 12.8 Å². The largest absolute Gasteiger partial charge is 0.300 e. The molecule has 0 aromatic carbocycles. The van der Waals surface area contributed by atoms with E-state index in [4.69, 9.17) is 0 Å². The molecule has 100 valence electrons. The summed E-state index contributed by atoms with van der Waals surface area (Å²) in [7, 11) is 0. The third-order valence-electron chi connectivity index (χ3n) is 4.39. The molecule has 0 bridgehead atoms. The molecule has 4 unspecified atom stereocenters. The van der Waals surface area contributed by atoms with Gasteiger partial charge in [-0.05, 0) is 49.4 Å². The molecule has 0 saturated carbocycles. The third-order valence-corrected chi connectivity index (χ3v) is 4.39. The van der Waals surface area contributed by atoms with Gasteiger partial charge in [0.1, 0.15) is 5.78 Å². The van der Waals surface area contributed by atoms with Crippen LogP contribution in [0.25, 0.3) is 0 Å². The summed E-state index contributed by atoms with van der Waals surface area (Å²) in [5.74, 6) is 2.90. The molecule has 1 heteroatoms. The van der Waals surface area contributed by atoms with Gasteiger partial charge in [-0.25, -0.2) is 0 Å². The zero-order chi connectivity index (χ0) is 13.0. The van der Waals surface area contributed by atoms with Crippen LogP contribution in [-0.2, 0) is 4.79 Å². The van der Waals surface area contributed by atoms with Gasteiger partial charge in [-0.2, -0.15) is 0 Å². The van der Waals surface area contributed by atoms with Crippen LogP contribution in [0.4, 0.5) is 0 Å². The van der Waals surface area contributed by atoms with Gasteiger partial charge in [0.05, 0.1) is 0 Å². The van der Waals surface area contributed by atoms with Crippen LogP contribution in [-0.4, -0.2) is 5.78 Å². The summed E-state index contributed by atoms with van der Waals surface area (Å²) in [5, 5.41) is 0. The second-order valence-corrected chi connectivity index (χ2v) is 6.35. The minimum Gasteiger partial charge on any atom is -0.300 e. The number of carbonyl (C=O) groups is 1. The molecule has 0 N–H and O–H groups in total. The Labute approximate surface area is 111 Å². The first-order chi connectivity index (χ1) is 8.63. The van der Waals surface area contributed by atoms with Crippen molar-refractivity contribution in [3.63, 3.8) is 0 Å². The maximum absolute atomic E-state index is 12.1. The summed E-state index contributed by atoms with van der Waals surface area (Å²) >= 11 is 0. The van der Waals surface area contributed by atoms with E-state index in [1.807, 2.05) is 0 Å². The Balaban J connectivity index is 1.75. The Kier molecular flexibility index (Phi) is 4.79. The molecule has 0 amide bonds. The highest BCUT2D eigenvalue weighted by Crippen LogP contribution is 2.28. The van der Waals surface area contributed by atoms with Crippen LogP contribution in [0, 0.1) is 23.7 Å². The number of Topliss-reactive ketones (excluding diaryl/α,β-unsaturated/α-hetero) is 1. The Hall–Kier alpha value is -0.850. The maximum atomic E-state index is 12.1. The van der Waals surface area contributed by atoms with Gasteiger partial charge < -0.3 is 0 Å². The molecule has 2 aliphatic rings.